The Morgan fingerprint density at radius 1 is 0.571 bits per heavy atom. The van der Waals surface area contributed by atoms with Crippen molar-refractivity contribution in [3.63, 3.8) is 0 Å². The highest BCUT2D eigenvalue weighted by Crippen LogP contribution is 2.54. The van der Waals surface area contributed by atoms with Crippen molar-refractivity contribution in [3.8, 4) is 0 Å². The molecule has 0 N–H and O–H groups in total. The highest BCUT2D eigenvalue weighted by Gasteiger charge is 2.65. The molecule has 7 heteroatoms. The van der Waals surface area contributed by atoms with Crippen LogP contribution in [0.1, 0.15) is 11.5 Å². The maximum absolute atomic E-state index is 13.3. The van der Waals surface area contributed by atoms with Crippen molar-refractivity contribution in [2.45, 2.75) is 26.2 Å². The summed E-state index contributed by atoms with van der Waals surface area (Å²) in [4.78, 5) is 0.211. The highest BCUT2D eigenvalue weighted by atomic mass is 35.5. The molecule has 0 saturated heterocycles. The van der Waals surface area contributed by atoms with Gasteiger partial charge in [0.1, 0.15) is 0 Å². The van der Waals surface area contributed by atoms with Gasteiger partial charge in [-0.25, -0.2) is 16.8 Å². The van der Waals surface area contributed by atoms with Gasteiger partial charge in [-0.1, -0.05) is 60.1 Å². The van der Waals surface area contributed by atoms with Gasteiger partial charge < -0.3 is 0 Å². The topological polar surface area (TPSA) is 68.3 Å². The number of sulfone groups is 2. The van der Waals surface area contributed by atoms with Crippen LogP contribution < -0.4 is 0 Å². The predicted molar refractivity (Wildman–Crippen MR) is 109 cm³/mol. The number of hydrogen-bond acceptors (Lipinski definition) is 4. The Morgan fingerprint density at radius 2 is 1.00 bits per heavy atom. The molecule has 0 radical (unpaired) electrons. The van der Waals surface area contributed by atoms with Gasteiger partial charge in [0, 0.05) is 10.9 Å². The molecule has 3 aromatic rings. The van der Waals surface area contributed by atoms with Gasteiger partial charge in [-0.15, -0.1) is 0 Å². The van der Waals surface area contributed by atoms with E-state index in [1.165, 1.54) is 36.4 Å². The van der Waals surface area contributed by atoms with E-state index in [0.717, 1.165) is 0 Å². The molecule has 0 bridgehead atoms. The summed E-state index contributed by atoms with van der Waals surface area (Å²) < 4.78 is 53.0. The Balaban J connectivity index is 1.81. The lowest BCUT2D eigenvalue weighted by Gasteiger charge is -2.05. The zero-order chi connectivity index (χ0) is 19.9. The van der Waals surface area contributed by atoms with Crippen LogP contribution >= 0.6 is 11.6 Å². The standard InChI is InChI=1S/C21H17ClO4S2/c22-16-11-13-18(14-12-16)28(25,26)21-19(15-7-3-1-4-8-15)20(21)27(23,24)17-9-5-2-6-10-17/h1-14,19-21H. The van der Waals surface area contributed by atoms with Crippen LogP contribution in [0.4, 0.5) is 0 Å². The summed E-state index contributed by atoms with van der Waals surface area (Å²) in [6.07, 6.45) is 0. The molecule has 0 heterocycles. The maximum Gasteiger partial charge on any atom is 0.183 e. The molecule has 3 atom stereocenters. The van der Waals surface area contributed by atoms with Crippen molar-refractivity contribution >= 4 is 31.3 Å². The molecule has 3 aromatic carbocycles. The lowest BCUT2D eigenvalue weighted by molar-refractivity contribution is 0.587. The summed E-state index contributed by atoms with van der Waals surface area (Å²) in [5.41, 5.74) is 0.703. The van der Waals surface area contributed by atoms with Crippen LogP contribution in [0, 0.1) is 0 Å². The molecule has 0 aliphatic heterocycles. The number of halogens is 1. The van der Waals surface area contributed by atoms with Crippen LogP contribution in [0.15, 0.2) is 94.7 Å². The summed E-state index contributed by atoms with van der Waals surface area (Å²) >= 11 is 5.87. The number of rotatable bonds is 5. The number of hydrogen-bond donors (Lipinski definition) is 0. The highest BCUT2D eigenvalue weighted by molar-refractivity contribution is 7.97. The summed E-state index contributed by atoms with van der Waals surface area (Å²) in [6.45, 7) is 0. The normalized spacial score (nSPS) is 22.0. The second-order valence-corrected chi connectivity index (χ2v) is 11.4. The second-order valence-electron chi connectivity index (χ2n) is 6.72. The van der Waals surface area contributed by atoms with Crippen molar-refractivity contribution < 1.29 is 16.8 Å². The van der Waals surface area contributed by atoms with Crippen LogP contribution in [0.2, 0.25) is 5.02 Å². The zero-order valence-electron chi connectivity index (χ0n) is 14.6. The van der Waals surface area contributed by atoms with E-state index in [1.807, 2.05) is 6.07 Å². The van der Waals surface area contributed by atoms with Crippen LogP contribution in [0.3, 0.4) is 0 Å². The van der Waals surface area contributed by atoms with Crippen LogP contribution in [-0.2, 0) is 19.7 Å². The van der Waals surface area contributed by atoms with E-state index >= 15 is 0 Å². The van der Waals surface area contributed by atoms with E-state index in [0.29, 0.717) is 10.6 Å². The first-order valence-electron chi connectivity index (χ1n) is 8.67. The Hall–Kier alpha value is -2.15. The minimum absolute atomic E-state index is 0.0774. The van der Waals surface area contributed by atoms with Crippen molar-refractivity contribution in [1.82, 2.24) is 0 Å². The molecule has 0 spiro atoms. The van der Waals surface area contributed by atoms with Crippen molar-refractivity contribution in [1.29, 1.82) is 0 Å². The van der Waals surface area contributed by atoms with E-state index in [1.54, 1.807) is 42.5 Å². The summed E-state index contributed by atoms with van der Waals surface area (Å²) in [7, 11) is -7.67. The SMILES string of the molecule is O=S(=O)(c1ccccc1)C1C(c2ccccc2)C1S(=O)(=O)c1ccc(Cl)cc1. The molecule has 4 nitrogen and oxygen atoms in total. The average Bonchev–Trinajstić information content (AvgIpc) is 3.47. The lowest BCUT2D eigenvalue weighted by atomic mass is 10.1. The second kappa shape index (κ2) is 7.03. The fourth-order valence-electron chi connectivity index (χ4n) is 3.60. The molecule has 4 rings (SSSR count). The molecule has 144 valence electrons. The van der Waals surface area contributed by atoms with Gasteiger partial charge in [-0.2, -0.15) is 0 Å². The quantitative estimate of drug-likeness (QED) is 0.608. The predicted octanol–water partition coefficient (Wildman–Crippen LogP) is 4.12. The molecular weight excluding hydrogens is 416 g/mol. The van der Waals surface area contributed by atoms with Gasteiger partial charge in [0.25, 0.3) is 0 Å². The molecule has 3 unspecified atom stereocenters. The first-order chi connectivity index (χ1) is 13.3. The van der Waals surface area contributed by atoms with Gasteiger partial charge >= 0.3 is 0 Å². The van der Waals surface area contributed by atoms with E-state index in [4.69, 9.17) is 11.6 Å². The Kier molecular flexibility index (Phi) is 4.81. The van der Waals surface area contributed by atoms with Crippen LogP contribution in [0.5, 0.6) is 0 Å². The molecule has 28 heavy (non-hydrogen) atoms. The third-order valence-electron chi connectivity index (χ3n) is 5.01. The maximum atomic E-state index is 13.3. The van der Waals surface area contributed by atoms with Crippen molar-refractivity contribution in [2.24, 2.45) is 0 Å². The zero-order valence-corrected chi connectivity index (χ0v) is 17.0. The molecule has 0 aromatic heterocycles. The van der Waals surface area contributed by atoms with E-state index in [2.05, 4.69) is 0 Å². The Bertz CT molecular complexity index is 1190. The fourth-order valence-corrected chi connectivity index (χ4v) is 8.67. The molecular formula is C21H17ClO4S2. The minimum atomic E-state index is -3.86. The molecule has 1 saturated carbocycles. The lowest BCUT2D eigenvalue weighted by Crippen LogP contribution is -2.17. The Morgan fingerprint density at radius 3 is 1.50 bits per heavy atom. The first kappa shape index (κ1) is 19.2. The van der Waals surface area contributed by atoms with E-state index in [-0.39, 0.29) is 9.79 Å². The minimum Gasteiger partial charge on any atom is -0.223 e. The van der Waals surface area contributed by atoms with Gasteiger partial charge in [0.15, 0.2) is 19.7 Å². The van der Waals surface area contributed by atoms with Crippen molar-refractivity contribution in [2.75, 3.05) is 0 Å². The van der Waals surface area contributed by atoms with E-state index in [9.17, 15) is 16.8 Å². The first-order valence-corrected chi connectivity index (χ1v) is 12.1. The molecule has 0 amide bonds. The van der Waals surface area contributed by atoms with Gasteiger partial charge in [0.05, 0.1) is 20.3 Å². The van der Waals surface area contributed by atoms with Gasteiger partial charge in [0.2, 0.25) is 0 Å². The third kappa shape index (κ3) is 3.26. The summed E-state index contributed by atoms with van der Waals surface area (Å²) in [5.74, 6) is -0.618. The van der Waals surface area contributed by atoms with Gasteiger partial charge in [-0.05, 0) is 42.0 Å². The molecule has 1 aliphatic carbocycles. The Labute approximate surface area is 169 Å². The number of benzene rings is 3. The smallest absolute Gasteiger partial charge is 0.183 e. The average molecular weight is 433 g/mol. The fraction of sp³-hybridized carbons (Fsp3) is 0.143. The van der Waals surface area contributed by atoms with Gasteiger partial charge in [-0.3, -0.25) is 0 Å². The largest absolute Gasteiger partial charge is 0.223 e. The molecule has 1 fully saturated rings. The van der Waals surface area contributed by atoms with Crippen LogP contribution in [-0.4, -0.2) is 27.3 Å². The van der Waals surface area contributed by atoms with E-state index < -0.39 is 36.1 Å². The summed E-state index contributed by atoms with van der Waals surface area (Å²) in [5, 5.41) is -1.65. The molecule has 1 aliphatic rings. The summed E-state index contributed by atoms with van der Waals surface area (Å²) in [6, 6.07) is 22.8. The third-order valence-corrected chi connectivity index (χ3v) is 9.89. The monoisotopic (exact) mass is 432 g/mol. The van der Waals surface area contributed by atoms with Crippen molar-refractivity contribution in [3.05, 3.63) is 95.5 Å². The van der Waals surface area contributed by atoms with Crippen LogP contribution in [0.25, 0.3) is 0 Å².